The lowest BCUT2D eigenvalue weighted by Crippen LogP contribution is -2.09. The van der Waals surface area contributed by atoms with Gasteiger partial charge in [0.2, 0.25) is 0 Å². The zero-order chi connectivity index (χ0) is 15.4. The minimum Gasteiger partial charge on any atom is -0.478 e. The van der Waals surface area contributed by atoms with Crippen molar-refractivity contribution in [3.63, 3.8) is 0 Å². The first-order chi connectivity index (χ1) is 10.0. The molecule has 0 atom stereocenters. The third kappa shape index (κ3) is 3.61. The average molecular weight is 352 g/mol. The number of hydrogen-bond donors (Lipinski definition) is 2. The Bertz CT molecular complexity index is 673. The largest absolute Gasteiger partial charge is 0.478 e. The van der Waals surface area contributed by atoms with Crippen LogP contribution in [0.25, 0.3) is 0 Å². The van der Waals surface area contributed by atoms with E-state index in [2.05, 4.69) is 21.2 Å². The lowest BCUT2D eigenvalue weighted by Gasteiger charge is -2.11. The van der Waals surface area contributed by atoms with Crippen LogP contribution < -0.4 is 5.32 Å². The highest BCUT2D eigenvalue weighted by Gasteiger charge is 2.15. The van der Waals surface area contributed by atoms with E-state index in [4.69, 9.17) is 5.11 Å². The Balaban J connectivity index is 2.06. The molecule has 0 radical (unpaired) electrons. The van der Waals surface area contributed by atoms with Crippen molar-refractivity contribution in [1.82, 2.24) is 0 Å². The molecule has 0 heterocycles. The maximum atomic E-state index is 14.1. The van der Waals surface area contributed by atoms with Gasteiger partial charge in [-0.2, -0.15) is 0 Å². The molecule has 3 nitrogen and oxygen atoms in total. The Hall–Kier alpha value is -1.88. The molecular formula is C16H15BrFNO2. The van der Waals surface area contributed by atoms with Gasteiger partial charge in [0.1, 0.15) is 0 Å². The van der Waals surface area contributed by atoms with Crippen LogP contribution in [0.2, 0.25) is 0 Å². The van der Waals surface area contributed by atoms with Crippen molar-refractivity contribution in [3.8, 4) is 0 Å². The molecule has 5 heteroatoms. The molecule has 0 aliphatic carbocycles. The first-order valence-electron chi connectivity index (χ1n) is 6.50. The van der Waals surface area contributed by atoms with Gasteiger partial charge < -0.3 is 10.4 Å². The van der Waals surface area contributed by atoms with Crippen molar-refractivity contribution < 1.29 is 14.3 Å². The quantitative estimate of drug-likeness (QED) is 0.846. The number of aryl methyl sites for hydroxylation is 1. The van der Waals surface area contributed by atoms with Gasteiger partial charge in [-0.3, -0.25) is 0 Å². The van der Waals surface area contributed by atoms with Crippen molar-refractivity contribution in [2.24, 2.45) is 0 Å². The first-order valence-corrected chi connectivity index (χ1v) is 7.29. The van der Waals surface area contributed by atoms with Gasteiger partial charge in [-0.1, -0.05) is 24.3 Å². The highest BCUT2D eigenvalue weighted by Crippen LogP contribution is 2.27. The molecule has 21 heavy (non-hydrogen) atoms. The van der Waals surface area contributed by atoms with E-state index >= 15 is 0 Å². The van der Waals surface area contributed by atoms with Crippen LogP contribution >= 0.6 is 15.9 Å². The van der Waals surface area contributed by atoms with E-state index in [1.165, 1.54) is 23.3 Å². The topological polar surface area (TPSA) is 49.3 Å². The highest BCUT2D eigenvalue weighted by atomic mass is 79.9. The molecule has 0 spiro atoms. The number of hydrogen-bond acceptors (Lipinski definition) is 2. The molecule has 0 unspecified atom stereocenters. The fourth-order valence-corrected chi connectivity index (χ4v) is 2.59. The van der Waals surface area contributed by atoms with Crippen molar-refractivity contribution in [2.75, 3.05) is 11.9 Å². The predicted molar refractivity (Wildman–Crippen MR) is 84.4 cm³/mol. The minimum atomic E-state index is -1.16. The molecule has 0 saturated carbocycles. The van der Waals surface area contributed by atoms with Crippen molar-refractivity contribution in [2.45, 2.75) is 13.3 Å². The number of rotatable bonds is 5. The molecule has 110 valence electrons. The molecule has 2 rings (SSSR count). The number of carboxylic acids is 1. The van der Waals surface area contributed by atoms with Crippen LogP contribution in [0.15, 0.2) is 40.9 Å². The Morgan fingerprint density at radius 1 is 1.29 bits per heavy atom. The van der Waals surface area contributed by atoms with Crippen LogP contribution in [0.1, 0.15) is 21.5 Å². The number of anilines is 1. The summed E-state index contributed by atoms with van der Waals surface area (Å²) in [5, 5.41) is 11.9. The van der Waals surface area contributed by atoms with Gasteiger partial charge in [-0.15, -0.1) is 0 Å². The van der Waals surface area contributed by atoms with Gasteiger partial charge in [0.25, 0.3) is 0 Å². The lowest BCUT2D eigenvalue weighted by atomic mass is 10.1. The van der Waals surface area contributed by atoms with Crippen molar-refractivity contribution >= 4 is 27.6 Å². The van der Waals surface area contributed by atoms with E-state index in [0.29, 0.717) is 12.2 Å². The Kier molecular flexibility index (Phi) is 4.96. The second kappa shape index (κ2) is 6.72. The maximum absolute atomic E-state index is 14.1. The Morgan fingerprint density at radius 2 is 2.00 bits per heavy atom. The van der Waals surface area contributed by atoms with E-state index in [1.54, 1.807) is 0 Å². The molecule has 0 bridgehead atoms. The number of carbonyl (C=O) groups is 1. The summed E-state index contributed by atoms with van der Waals surface area (Å²) in [6.45, 7) is 2.61. The molecule has 0 aliphatic rings. The van der Waals surface area contributed by atoms with Crippen LogP contribution in [0.4, 0.5) is 10.1 Å². The summed E-state index contributed by atoms with van der Waals surface area (Å²) >= 11 is 2.98. The summed E-state index contributed by atoms with van der Waals surface area (Å²) in [4.78, 5) is 10.9. The zero-order valence-corrected chi connectivity index (χ0v) is 13.1. The van der Waals surface area contributed by atoms with Crippen LogP contribution in [0, 0.1) is 12.7 Å². The molecule has 0 fully saturated rings. The lowest BCUT2D eigenvalue weighted by molar-refractivity contribution is 0.0695. The van der Waals surface area contributed by atoms with Crippen molar-refractivity contribution in [1.29, 1.82) is 0 Å². The van der Waals surface area contributed by atoms with E-state index in [-0.39, 0.29) is 10.0 Å². The zero-order valence-electron chi connectivity index (χ0n) is 11.5. The van der Waals surface area contributed by atoms with Crippen LogP contribution in [0.3, 0.4) is 0 Å². The Morgan fingerprint density at radius 3 is 2.67 bits per heavy atom. The second-order valence-electron chi connectivity index (χ2n) is 4.70. The molecule has 2 aromatic carbocycles. The fourth-order valence-electron chi connectivity index (χ4n) is 2.07. The SMILES string of the molecule is Cc1ccccc1CCNc1ccc(C(=O)O)c(Br)c1F. The summed E-state index contributed by atoms with van der Waals surface area (Å²) < 4.78 is 14.0. The average Bonchev–Trinajstić information content (AvgIpc) is 2.45. The number of halogens is 2. The van der Waals surface area contributed by atoms with Gasteiger partial charge >= 0.3 is 5.97 Å². The van der Waals surface area contributed by atoms with Gasteiger partial charge in [0, 0.05) is 6.54 Å². The van der Waals surface area contributed by atoms with Gasteiger partial charge in [-0.25, -0.2) is 9.18 Å². The van der Waals surface area contributed by atoms with Crippen LogP contribution in [-0.4, -0.2) is 17.6 Å². The number of carboxylic acid groups (broad SMARTS) is 1. The van der Waals surface area contributed by atoms with E-state index in [9.17, 15) is 9.18 Å². The Labute approximate surface area is 130 Å². The van der Waals surface area contributed by atoms with Crippen molar-refractivity contribution in [3.05, 3.63) is 63.4 Å². The summed E-state index contributed by atoms with van der Waals surface area (Å²) in [5.41, 5.74) is 2.60. The molecular weight excluding hydrogens is 337 g/mol. The summed E-state index contributed by atoms with van der Waals surface area (Å²) in [6.07, 6.45) is 0.768. The predicted octanol–water partition coefficient (Wildman–Crippen LogP) is 4.25. The third-order valence-corrected chi connectivity index (χ3v) is 4.06. The summed E-state index contributed by atoms with van der Waals surface area (Å²) in [7, 11) is 0. The first kappa shape index (κ1) is 15.5. The molecule has 0 aliphatic heterocycles. The summed E-state index contributed by atoms with van der Waals surface area (Å²) in [5.74, 6) is -1.74. The highest BCUT2D eigenvalue weighted by molar-refractivity contribution is 9.10. The van der Waals surface area contributed by atoms with Crippen LogP contribution in [0.5, 0.6) is 0 Å². The van der Waals surface area contributed by atoms with Gasteiger partial charge in [0.05, 0.1) is 15.7 Å². The van der Waals surface area contributed by atoms with E-state index in [1.807, 2.05) is 31.2 Å². The van der Waals surface area contributed by atoms with E-state index < -0.39 is 11.8 Å². The maximum Gasteiger partial charge on any atom is 0.336 e. The minimum absolute atomic E-state index is 0.0316. The normalized spacial score (nSPS) is 10.4. The van der Waals surface area contributed by atoms with E-state index in [0.717, 1.165) is 6.42 Å². The molecule has 2 N–H and O–H groups in total. The number of benzene rings is 2. The monoisotopic (exact) mass is 351 g/mol. The standard InChI is InChI=1S/C16H15BrFNO2/c1-10-4-2-3-5-11(10)8-9-19-13-7-6-12(16(20)21)14(17)15(13)18/h2-7,19H,8-9H2,1H3,(H,20,21). The smallest absolute Gasteiger partial charge is 0.336 e. The molecule has 0 saturated heterocycles. The number of nitrogens with one attached hydrogen (secondary N) is 1. The molecule has 0 aromatic heterocycles. The molecule has 2 aromatic rings. The summed E-state index contributed by atoms with van der Waals surface area (Å²) in [6, 6.07) is 10.9. The fraction of sp³-hybridized carbons (Fsp3) is 0.188. The number of aromatic carboxylic acids is 1. The van der Waals surface area contributed by atoms with Crippen LogP contribution in [-0.2, 0) is 6.42 Å². The van der Waals surface area contributed by atoms with Gasteiger partial charge in [0.15, 0.2) is 5.82 Å². The second-order valence-corrected chi connectivity index (χ2v) is 5.49. The van der Waals surface area contributed by atoms with Gasteiger partial charge in [-0.05, 0) is 52.5 Å². The molecule has 0 amide bonds. The third-order valence-electron chi connectivity index (χ3n) is 3.28.